The Balaban J connectivity index is 1.75. The normalized spacial score (nSPS) is 11.1. The summed E-state index contributed by atoms with van der Waals surface area (Å²) in [7, 11) is 0. The van der Waals surface area contributed by atoms with Crippen molar-refractivity contribution in [3.63, 3.8) is 0 Å². The molecule has 2 heterocycles. The number of benzene rings is 2. The van der Waals surface area contributed by atoms with Crippen LogP contribution >= 0.6 is 27.5 Å². The second kappa shape index (κ2) is 7.53. The number of rotatable bonds is 3. The van der Waals surface area contributed by atoms with Gasteiger partial charge in [-0.1, -0.05) is 17.7 Å². The van der Waals surface area contributed by atoms with E-state index >= 15 is 0 Å². The number of carbonyl (C=O) groups is 1. The third kappa shape index (κ3) is 3.73. The quantitative estimate of drug-likeness (QED) is 0.384. The fourth-order valence-corrected chi connectivity index (χ4v) is 3.33. The average molecular weight is 479 g/mol. The summed E-state index contributed by atoms with van der Waals surface area (Å²) in [4.78, 5) is 21.0. The zero-order chi connectivity index (χ0) is 20.7. The molecule has 0 radical (unpaired) electrons. The molecule has 0 aliphatic rings. The monoisotopic (exact) mass is 477 g/mol. The summed E-state index contributed by atoms with van der Waals surface area (Å²) in [6.07, 6.45) is 1.57. The lowest BCUT2D eigenvalue weighted by molar-refractivity contribution is 0.102. The van der Waals surface area contributed by atoms with Crippen LogP contribution in [0, 0.1) is 18.6 Å². The first-order chi connectivity index (χ1) is 13.8. The van der Waals surface area contributed by atoms with E-state index in [1.807, 2.05) is 0 Å². The zero-order valence-corrected chi connectivity index (χ0v) is 17.1. The Morgan fingerprint density at radius 1 is 1.24 bits per heavy atom. The van der Waals surface area contributed by atoms with Crippen LogP contribution in [0.15, 0.2) is 51.5 Å². The largest absolute Gasteiger partial charge is 0.434 e. The van der Waals surface area contributed by atoms with Crippen LogP contribution in [-0.4, -0.2) is 15.9 Å². The molecule has 0 spiro atoms. The number of nitrogens with zero attached hydrogens (tertiary/aromatic N) is 2. The molecule has 0 atom stereocenters. The highest BCUT2D eigenvalue weighted by atomic mass is 79.9. The van der Waals surface area contributed by atoms with Gasteiger partial charge in [0.15, 0.2) is 11.2 Å². The lowest BCUT2D eigenvalue weighted by Crippen LogP contribution is -2.14. The molecule has 0 saturated heterocycles. The Morgan fingerprint density at radius 2 is 2.03 bits per heavy atom. The Kier molecular flexibility index (Phi) is 5.06. The van der Waals surface area contributed by atoms with Crippen LogP contribution in [0.2, 0.25) is 5.02 Å². The van der Waals surface area contributed by atoms with Gasteiger partial charge in [0.25, 0.3) is 5.91 Å². The molecule has 0 unspecified atom stereocenters. The number of hydrogen-bond acceptors (Lipinski definition) is 4. The number of pyridine rings is 1. The Hall–Kier alpha value is -2.84. The molecular formula is C20H11BrClF2N3O2. The van der Waals surface area contributed by atoms with E-state index in [9.17, 15) is 13.6 Å². The predicted molar refractivity (Wildman–Crippen MR) is 109 cm³/mol. The Labute approximate surface area is 176 Å². The second-order valence-electron chi connectivity index (χ2n) is 6.18. The van der Waals surface area contributed by atoms with Crippen molar-refractivity contribution in [2.24, 2.45) is 0 Å². The molecule has 4 aromatic rings. The van der Waals surface area contributed by atoms with Gasteiger partial charge >= 0.3 is 0 Å². The highest BCUT2D eigenvalue weighted by Crippen LogP contribution is 2.32. The van der Waals surface area contributed by atoms with E-state index in [-0.39, 0.29) is 22.2 Å². The van der Waals surface area contributed by atoms with Gasteiger partial charge in [-0.05, 0) is 52.7 Å². The minimum absolute atomic E-state index is 0.0622. The van der Waals surface area contributed by atoms with Crippen LogP contribution in [0.4, 0.5) is 14.5 Å². The second-order valence-corrected chi connectivity index (χ2v) is 7.47. The summed E-state index contributed by atoms with van der Waals surface area (Å²) >= 11 is 9.17. The number of anilines is 1. The van der Waals surface area contributed by atoms with E-state index in [1.165, 1.54) is 18.2 Å². The highest BCUT2D eigenvalue weighted by molar-refractivity contribution is 9.10. The molecule has 1 N–H and O–H groups in total. The van der Waals surface area contributed by atoms with Gasteiger partial charge in [0.2, 0.25) is 5.89 Å². The molecule has 2 aromatic carbocycles. The van der Waals surface area contributed by atoms with Crippen molar-refractivity contribution in [3.8, 4) is 11.5 Å². The molecule has 2 aromatic heterocycles. The van der Waals surface area contributed by atoms with Crippen molar-refractivity contribution >= 4 is 50.4 Å². The van der Waals surface area contributed by atoms with Gasteiger partial charge in [0, 0.05) is 28.0 Å². The van der Waals surface area contributed by atoms with Gasteiger partial charge in [-0.25, -0.2) is 13.8 Å². The molecule has 0 bridgehead atoms. The first kappa shape index (κ1) is 19.5. The number of amides is 1. The van der Waals surface area contributed by atoms with Crippen molar-refractivity contribution in [1.29, 1.82) is 0 Å². The molecule has 0 saturated carbocycles. The van der Waals surface area contributed by atoms with Crippen molar-refractivity contribution in [3.05, 3.63) is 74.9 Å². The van der Waals surface area contributed by atoms with E-state index in [4.69, 9.17) is 16.0 Å². The molecule has 1 amide bonds. The lowest BCUT2D eigenvalue weighted by atomic mass is 10.1. The standard InChI is InChI=1S/C20H11BrClF2N3O2/c1-9-13(20-27-18-16(29-20)5-10(21)8-25-18)6-11(23)7-15(9)26-19(28)12-3-2-4-14(24)17(12)22/h2-8H,1H3,(H,26,28). The summed E-state index contributed by atoms with van der Waals surface area (Å²) in [5.41, 5.74) is 1.77. The smallest absolute Gasteiger partial charge is 0.257 e. The van der Waals surface area contributed by atoms with E-state index in [0.717, 1.165) is 12.1 Å². The van der Waals surface area contributed by atoms with Crippen molar-refractivity contribution in [2.45, 2.75) is 6.92 Å². The number of halogens is 4. The summed E-state index contributed by atoms with van der Waals surface area (Å²) in [5.74, 6) is -1.84. The predicted octanol–water partition coefficient (Wildman–Crippen LogP) is 6.14. The summed E-state index contributed by atoms with van der Waals surface area (Å²) in [6.45, 7) is 1.68. The van der Waals surface area contributed by atoms with E-state index in [1.54, 1.807) is 19.2 Å². The fraction of sp³-hybridized carbons (Fsp3) is 0.0500. The molecular weight excluding hydrogens is 468 g/mol. The summed E-state index contributed by atoms with van der Waals surface area (Å²) in [6, 6.07) is 7.98. The molecule has 9 heteroatoms. The first-order valence-electron chi connectivity index (χ1n) is 8.31. The topological polar surface area (TPSA) is 68.0 Å². The SMILES string of the molecule is Cc1c(NC(=O)c2cccc(F)c2Cl)cc(F)cc1-c1nc2ncc(Br)cc2o1. The van der Waals surface area contributed by atoms with Gasteiger partial charge in [-0.3, -0.25) is 4.79 Å². The number of carbonyl (C=O) groups excluding carboxylic acids is 1. The number of hydrogen-bond donors (Lipinski definition) is 1. The van der Waals surface area contributed by atoms with Crippen LogP contribution in [-0.2, 0) is 0 Å². The summed E-state index contributed by atoms with van der Waals surface area (Å²) in [5, 5.41) is 2.26. The van der Waals surface area contributed by atoms with Gasteiger partial charge < -0.3 is 9.73 Å². The van der Waals surface area contributed by atoms with Gasteiger partial charge in [0.05, 0.1) is 10.6 Å². The van der Waals surface area contributed by atoms with E-state index in [0.29, 0.717) is 26.8 Å². The molecule has 0 fully saturated rings. The fourth-order valence-electron chi connectivity index (χ4n) is 2.81. The summed E-state index contributed by atoms with van der Waals surface area (Å²) < 4.78 is 34.3. The maximum absolute atomic E-state index is 14.3. The first-order valence-corrected chi connectivity index (χ1v) is 9.48. The number of fused-ring (bicyclic) bond motifs is 1. The minimum Gasteiger partial charge on any atom is -0.434 e. The van der Waals surface area contributed by atoms with Gasteiger partial charge in [-0.15, -0.1) is 0 Å². The van der Waals surface area contributed by atoms with Crippen molar-refractivity contribution < 1.29 is 18.0 Å². The number of nitrogens with one attached hydrogen (secondary N) is 1. The Bertz CT molecular complexity index is 1280. The maximum atomic E-state index is 14.3. The molecule has 4 rings (SSSR count). The number of oxazole rings is 1. The van der Waals surface area contributed by atoms with E-state index in [2.05, 4.69) is 31.2 Å². The molecule has 29 heavy (non-hydrogen) atoms. The Morgan fingerprint density at radius 3 is 2.83 bits per heavy atom. The van der Waals surface area contributed by atoms with Crippen LogP contribution < -0.4 is 5.32 Å². The highest BCUT2D eigenvalue weighted by Gasteiger charge is 2.19. The third-order valence-electron chi connectivity index (χ3n) is 4.26. The molecule has 0 aliphatic carbocycles. The number of aromatic nitrogens is 2. The molecule has 146 valence electrons. The van der Waals surface area contributed by atoms with E-state index < -0.39 is 17.5 Å². The average Bonchev–Trinajstić information content (AvgIpc) is 3.09. The van der Waals surface area contributed by atoms with Crippen LogP contribution in [0.1, 0.15) is 15.9 Å². The van der Waals surface area contributed by atoms with Crippen LogP contribution in [0.3, 0.4) is 0 Å². The molecule has 5 nitrogen and oxygen atoms in total. The van der Waals surface area contributed by atoms with Crippen molar-refractivity contribution in [2.75, 3.05) is 5.32 Å². The van der Waals surface area contributed by atoms with Gasteiger partial charge in [0.1, 0.15) is 11.6 Å². The molecule has 0 aliphatic heterocycles. The maximum Gasteiger partial charge on any atom is 0.257 e. The van der Waals surface area contributed by atoms with Crippen molar-refractivity contribution in [1.82, 2.24) is 9.97 Å². The van der Waals surface area contributed by atoms with Crippen LogP contribution in [0.25, 0.3) is 22.7 Å². The lowest BCUT2D eigenvalue weighted by Gasteiger charge is -2.12. The third-order valence-corrected chi connectivity index (χ3v) is 5.08. The van der Waals surface area contributed by atoms with Gasteiger partial charge in [-0.2, -0.15) is 4.98 Å². The zero-order valence-electron chi connectivity index (χ0n) is 14.8. The minimum atomic E-state index is -0.721. The van der Waals surface area contributed by atoms with Crippen LogP contribution in [0.5, 0.6) is 0 Å².